The van der Waals surface area contributed by atoms with Crippen molar-refractivity contribution in [2.75, 3.05) is 20.1 Å². The average Bonchev–Trinajstić information content (AvgIpc) is 1.83. The third-order valence-electron chi connectivity index (χ3n) is 1.01. The summed E-state index contributed by atoms with van der Waals surface area (Å²) < 4.78 is 0. The van der Waals surface area contributed by atoms with Crippen LogP contribution in [0.15, 0.2) is 0 Å². The van der Waals surface area contributed by atoms with E-state index in [1.165, 1.54) is 0 Å². The fourth-order valence-corrected chi connectivity index (χ4v) is 0.338. The van der Waals surface area contributed by atoms with Gasteiger partial charge in [-0.25, -0.2) is 0 Å². The predicted octanol–water partition coefficient (Wildman–Crippen LogP) is 0.0818. The molecule has 0 heterocycles. The van der Waals surface area contributed by atoms with Crippen LogP contribution in [-0.4, -0.2) is 32.5 Å². The van der Waals surface area contributed by atoms with Crippen LogP contribution in [0.4, 0.5) is 0 Å². The summed E-state index contributed by atoms with van der Waals surface area (Å²) in [4.78, 5) is 2.10. The van der Waals surface area contributed by atoms with Crippen LogP contribution >= 0.6 is 0 Å². The summed E-state index contributed by atoms with van der Waals surface area (Å²) in [7, 11) is 4.03. The van der Waals surface area contributed by atoms with Crippen molar-refractivity contribution in [3.8, 4) is 0 Å². The van der Waals surface area contributed by atoms with Gasteiger partial charge < -0.3 is 10.0 Å². The second-order valence-corrected chi connectivity index (χ2v) is 1.76. The summed E-state index contributed by atoms with van der Waals surface area (Å²) in [5, 5.41) is 3.10. The molecule has 1 N–H and O–H groups in total. The molecule has 0 atom stereocenters. The van der Waals surface area contributed by atoms with Gasteiger partial charge >= 0.3 is 7.55 Å². The van der Waals surface area contributed by atoms with Gasteiger partial charge in [0.15, 0.2) is 0 Å². The Hall–Kier alpha value is -0.0151. The van der Waals surface area contributed by atoms with Gasteiger partial charge in [0, 0.05) is 0 Å². The van der Waals surface area contributed by atoms with Gasteiger partial charge in [-0.2, -0.15) is 0 Å². The molecule has 0 saturated carbocycles. The Morgan fingerprint density at radius 2 is 2.12 bits per heavy atom. The highest BCUT2D eigenvalue weighted by atomic mass is 15.1. The first-order valence-electron chi connectivity index (χ1n) is 3.08. The van der Waals surface area contributed by atoms with Crippen LogP contribution in [-0.2, 0) is 0 Å². The molecule has 0 aliphatic carbocycles. The van der Waals surface area contributed by atoms with Gasteiger partial charge in [-0.1, -0.05) is 13.8 Å². The SMILES string of the molecule is CCN[B]N(C)CC. The largest absolute Gasteiger partial charge is 0.346 e. The molecule has 0 amide bonds. The Labute approximate surface area is 52.5 Å². The highest BCUT2D eigenvalue weighted by Gasteiger charge is 1.92. The lowest BCUT2D eigenvalue weighted by Crippen LogP contribution is -2.34. The molecule has 0 aromatic rings. The highest BCUT2D eigenvalue weighted by molar-refractivity contribution is 6.28. The van der Waals surface area contributed by atoms with Crippen LogP contribution in [0, 0.1) is 0 Å². The van der Waals surface area contributed by atoms with Crippen molar-refractivity contribution in [2.24, 2.45) is 0 Å². The first-order valence-corrected chi connectivity index (χ1v) is 3.08. The van der Waals surface area contributed by atoms with Crippen molar-refractivity contribution in [3.63, 3.8) is 0 Å². The molecule has 0 aliphatic heterocycles. The maximum atomic E-state index is 3.10. The lowest BCUT2D eigenvalue weighted by molar-refractivity contribution is 0.555. The number of hydrogen-bond donors (Lipinski definition) is 1. The quantitative estimate of drug-likeness (QED) is 0.519. The van der Waals surface area contributed by atoms with E-state index in [2.05, 4.69) is 23.9 Å². The van der Waals surface area contributed by atoms with Crippen LogP contribution in [0.25, 0.3) is 0 Å². The monoisotopic (exact) mass is 113 g/mol. The van der Waals surface area contributed by atoms with E-state index in [-0.39, 0.29) is 0 Å². The van der Waals surface area contributed by atoms with Crippen LogP contribution < -0.4 is 5.23 Å². The van der Waals surface area contributed by atoms with E-state index in [0.717, 1.165) is 13.1 Å². The Morgan fingerprint density at radius 1 is 1.50 bits per heavy atom. The maximum absolute atomic E-state index is 3.10. The molecule has 0 fully saturated rings. The molecule has 0 rings (SSSR count). The third kappa shape index (κ3) is 4.15. The molecule has 0 spiro atoms. The zero-order valence-electron chi connectivity index (χ0n) is 5.94. The number of hydrogen-bond acceptors (Lipinski definition) is 2. The van der Waals surface area contributed by atoms with Crippen molar-refractivity contribution in [2.45, 2.75) is 13.8 Å². The van der Waals surface area contributed by atoms with Crippen molar-refractivity contribution >= 4 is 7.55 Å². The Bertz CT molecular complexity index is 49.7. The topological polar surface area (TPSA) is 15.3 Å². The van der Waals surface area contributed by atoms with Crippen molar-refractivity contribution in [1.82, 2.24) is 10.0 Å². The first kappa shape index (κ1) is 7.98. The summed E-state index contributed by atoms with van der Waals surface area (Å²) in [6, 6.07) is 0. The summed E-state index contributed by atoms with van der Waals surface area (Å²) in [6.07, 6.45) is 0. The average molecular weight is 113 g/mol. The van der Waals surface area contributed by atoms with Crippen LogP contribution in [0.1, 0.15) is 13.8 Å². The summed E-state index contributed by atoms with van der Waals surface area (Å²) >= 11 is 0. The van der Waals surface area contributed by atoms with E-state index in [1.807, 2.05) is 14.6 Å². The molecule has 0 aromatic carbocycles. The molecule has 47 valence electrons. The lowest BCUT2D eigenvalue weighted by Gasteiger charge is -2.10. The molecular formula is C5H14BN2. The maximum Gasteiger partial charge on any atom is 0.310 e. The standard InChI is InChI=1S/C5H14BN2/c1-4-7-6-8(3)5-2/h7H,4-5H2,1-3H3. The summed E-state index contributed by atoms with van der Waals surface area (Å²) in [6.45, 7) is 6.27. The van der Waals surface area contributed by atoms with E-state index in [9.17, 15) is 0 Å². The van der Waals surface area contributed by atoms with E-state index in [0.29, 0.717) is 0 Å². The molecule has 3 heteroatoms. The molecule has 2 nitrogen and oxygen atoms in total. The van der Waals surface area contributed by atoms with E-state index < -0.39 is 0 Å². The van der Waals surface area contributed by atoms with Crippen LogP contribution in [0.3, 0.4) is 0 Å². The van der Waals surface area contributed by atoms with Gasteiger partial charge in [-0.05, 0) is 20.1 Å². The van der Waals surface area contributed by atoms with Crippen molar-refractivity contribution in [1.29, 1.82) is 0 Å². The van der Waals surface area contributed by atoms with Crippen molar-refractivity contribution < 1.29 is 0 Å². The van der Waals surface area contributed by atoms with E-state index in [1.54, 1.807) is 0 Å². The van der Waals surface area contributed by atoms with Gasteiger partial charge in [0.1, 0.15) is 0 Å². The molecule has 0 saturated heterocycles. The van der Waals surface area contributed by atoms with E-state index in [4.69, 9.17) is 0 Å². The molecule has 1 radical (unpaired) electrons. The van der Waals surface area contributed by atoms with Gasteiger partial charge in [0.05, 0.1) is 0 Å². The predicted molar refractivity (Wildman–Crippen MR) is 37.7 cm³/mol. The molecule has 0 aromatic heterocycles. The van der Waals surface area contributed by atoms with Gasteiger partial charge in [-0.3, -0.25) is 0 Å². The van der Waals surface area contributed by atoms with Gasteiger partial charge in [-0.15, -0.1) is 0 Å². The van der Waals surface area contributed by atoms with Crippen molar-refractivity contribution in [3.05, 3.63) is 0 Å². The van der Waals surface area contributed by atoms with E-state index >= 15 is 0 Å². The molecule has 8 heavy (non-hydrogen) atoms. The zero-order chi connectivity index (χ0) is 6.41. The minimum Gasteiger partial charge on any atom is -0.346 e. The van der Waals surface area contributed by atoms with Crippen LogP contribution in [0.2, 0.25) is 0 Å². The fourth-order valence-electron chi connectivity index (χ4n) is 0.338. The fraction of sp³-hybridized carbons (Fsp3) is 1.00. The Balaban J connectivity index is 2.86. The van der Waals surface area contributed by atoms with Gasteiger partial charge in [0.25, 0.3) is 0 Å². The first-order chi connectivity index (χ1) is 3.81. The van der Waals surface area contributed by atoms with Gasteiger partial charge in [0.2, 0.25) is 0 Å². The normalized spacial score (nSPS) is 10.0. The molecule has 0 unspecified atom stereocenters. The lowest BCUT2D eigenvalue weighted by atomic mass is 10.1. The minimum atomic E-state index is 1.00. The Kier molecular flexibility index (Phi) is 5.12. The van der Waals surface area contributed by atoms with Crippen LogP contribution in [0.5, 0.6) is 0 Å². The number of nitrogens with zero attached hydrogens (tertiary/aromatic N) is 1. The zero-order valence-corrected chi connectivity index (χ0v) is 5.94. The second-order valence-electron chi connectivity index (χ2n) is 1.76. The minimum absolute atomic E-state index is 1.00. The number of rotatable bonds is 4. The highest BCUT2D eigenvalue weighted by Crippen LogP contribution is 1.70. The summed E-state index contributed by atoms with van der Waals surface area (Å²) in [5.41, 5.74) is 0. The smallest absolute Gasteiger partial charge is 0.310 e. The third-order valence-corrected chi connectivity index (χ3v) is 1.01. The molecular weight excluding hydrogens is 98.9 g/mol. The Morgan fingerprint density at radius 3 is 2.50 bits per heavy atom. The number of nitrogens with one attached hydrogen (secondary N) is 1. The second kappa shape index (κ2) is 5.13. The molecule has 0 bridgehead atoms. The summed E-state index contributed by atoms with van der Waals surface area (Å²) in [5.74, 6) is 0. The molecule has 0 aliphatic rings.